The van der Waals surface area contributed by atoms with Crippen LogP contribution in [0.15, 0.2) is 103 Å². The number of para-hydroxylation sites is 1. The second-order valence-corrected chi connectivity index (χ2v) is 7.02. The largest absolute Gasteiger partial charge is 0.245 e. The fraction of sp³-hybridized carbons (Fsp3) is 0.0870. The van der Waals surface area contributed by atoms with E-state index in [0.717, 1.165) is 16.5 Å². The Bertz CT molecular complexity index is 874. The molecule has 0 N–H and O–H groups in total. The molecule has 25 heavy (non-hydrogen) atoms. The molecule has 0 amide bonds. The summed E-state index contributed by atoms with van der Waals surface area (Å²) in [4.78, 5) is 5.03. The van der Waals surface area contributed by atoms with Crippen LogP contribution in [0.4, 0.5) is 5.69 Å². The molecule has 1 nitrogen and oxygen atoms in total. The fourth-order valence-electron chi connectivity index (χ4n) is 3.58. The molecule has 1 heterocycles. The lowest BCUT2D eigenvalue weighted by Gasteiger charge is -2.33. The summed E-state index contributed by atoms with van der Waals surface area (Å²) >= 11 is 1.77. The molecule has 3 aromatic carbocycles. The molecular formula is C23H19NS. The van der Waals surface area contributed by atoms with Crippen molar-refractivity contribution in [3.63, 3.8) is 0 Å². The standard InChI is InChI=1S/C23H19NS/c1-2-17-25-22-23(18-11-5-3-6-12-18,19-13-7-4-8-14-19)20-15-9-10-16-21(20)24-22/h2-16H,1,17H2. The fourth-order valence-corrected chi connectivity index (χ4v) is 4.58. The predicted molar refractivity (Wildman–Crippen MR) is 109 cm³/mol. The van der Waals surface area contributed by atoms with Crippen molar-refractivity contribution in [2.75, 3.05) is 5.75 Å². The first-order chi connectivity index (χ1) is 12.4. The lowest BCUT2D eigenvalue weighted by molar-refractivity contribution is 0.863. The zero-order chi connectivity index (χ0) is 17.1. The topological polar surface area (TPSA) is 12.4 Å². The van der Waals surface area contributed by atoms with E-state index in [1.807, 2.05) is 6.08 Å². The second kappa shape index (κ2) is 6.73. The first-order valence-corrected chi connectivity index (χ1v) is 9.39. The summed E-state index contributed by atoms with van der Waals surface area (Å²) in [6.07, 6.45) is 1.94. The average Bonchev–Trinajstić information content (AvgIpc) is 3.02. The van der Waals surface area contributed by atoms with Crippen LogP contribution in [0.3, 0.4) is 0 Å². The molecule has 0 fully saturated rings. The van der Waals surface area contributed by atoms with Gasteiger partial charge in [-0.2, -0.15) is 0 Å². The number of fused-ring (bicyclic) bond motifs is 1. The second-order valence-electron chi connectivity index (χ2n) is 6.02. The number of hydrogen-bond donors (Lipinski definition) is 0. The third-order valence-corrected chi connectivity index (χ3v) is 5.68. The van der Waals surface area contributed by atoms with Gasteiger partial charge in [0.25, 0.3) is 0 Å². The predicted octanol–water partition coefficient (Wildman–Crippen LogP) is 5.98. The van der Waals surface area contributed by atoms with Gasteiger partial charge in [0.15, 0.2) is 0 Å². The molecule has 1 aliphatic heterocycles. The van der Waals surface area contributed by atoms with E-state index in [0.29, 0.717) is 0 Å². The highest BCUT2D eigenvalue weighted by Gasteiger charge is 2.46. The number of benzene rings is 3. The van der Waals surface area contributed by atoms with E-state index in [1.54, 1.807) is 11.8 Å². The Morgan fingerprint density at radius 3 is 1.96 bits per heavy atom. The lowest BCUT2D eigenvalue weighted by atomic mass is 9.71. The highest BCUT2D eigenvalue weighted by atomic mass is 32.2. The Morgan fingerprint density at radius 1 is 0.800 bits per heavy atom. The molecule has 2 heteroatoms. The number of thioether (sulfide) groups is 1. The SMILES string of the molecule is C=CCSC1=Nc2ccccc2C1(c1ccccc1)c1ccccc1. The molecule has 1 aliphatic rings. The smallest absolute Gasteiger partial charge is 0.0956 e. The molecule has 4 rings (SSSR count). The number of hydrogen-bond acceptors (Lipinski definition) is 2. The maximum Gasteiger partial charge on any atom is 0.0956 e. The summed E-state index contributed by atoms with van der Waals surface area (Å²) in [5.74, 6) is 0.842. The average molecular weight is 341 g/mol. The summed E-state index contributed by atoms with van der Waals surface area (Å²) < 4.78 is 0. The maximum absolute atomic E-state index is 5.03. The van der Waals surface area contributed by atoms with Crippen molar-refractivity contribution in [1.29, 1.82) is 0 Å². The van der Waals surface area contributed by atoms with Crippen molar-refractivity contribution in [3.05, 3.63) is 114 Å². The third kappa shape index (κ3) is 2.54. The van der Waals surface area contributed by atoms with Gasteiger partial charge in [0.1, 0.15) is 0 Å². The minimum absolute atomic E-state index is 0.354. The van der Waals surface area contributed by atoms with Gasteiger partial charge in [-0.05, 0) is 22.8 Å². The quantitative estimate of drug-likeness (QED) is 0.531. The lowest BCUT2D eigenvalue weighted by Crippen LogP contribution is -2.34. The van der Waals surface area contributed by atoms with E-state index in [-0.39, 0.29) is 5.41 Å². The van der Waals surface area contributed by atoms with Crippen molar-refractivity contribution in [2.45, 2.75) is 5.41 Å². The van der Waals surface area contributed by atoms with Gasteiger partial charge in [0.2, 0.25) is 0 Å². The summed E-state index contributed by atoms with van der Waals surface area (Å²) in [5, 5.41) is 1.12. The van der Waals surface area contributed by atoms with E-state index in [2.05, 4.69) is 91.5 Å². The number of aliphatic imine (C=N–C) groups is 1. The highest BCUT2D eigenvalue weighted by molar-refractivity contribution is 8.14. The Hall–Kier alpha value is -2.58. The highest BCUT2D eigenvalue weighted by Crippen LogP contribution is 2.51. The molecule has 0 atom stereocenters. The Labute approximate surface area is 153 Å². The van der Waals surface area contributed by atoms with Crippen molar-refractivity contribution < 1.29 is 0 Å². The van der Waals surface area contributed by atoms with Crippen LogP contribution >= 0.6 is 11.8 Å². The zero-order valence-electron chi connectivity index (χ0n) is 13.9. The number of rotatable bonds is 4. The minimum atomic E-state index is -0.354. The van der Waals surface area contributed by atoms with Gasteiger partial charge in [0, 0.05) is 5.75 Å². The van der Waals surface area contributed by atoms with Crippen LogP contribution in [0.5, 0.6) is 0 Å². The number of nitrogens with zero attached hydrogens (tertiary/aromatic N) is 1. The van der Waals surface area contributed by atoms with Crippen LogP contribution in [0, 0.1) is 0 Å². The molecule has 122 valence electrons. The van der Waals surface area contributed by atoms with Gasteiger partial charge in [-0.15, -0.1) is 18.3 Å². The van der Waals surface area contributed by atoms with Crippen molar-refractivity contribution in [2.24, 2.45) is 4.99 Å². The van der Waals surface area contributed by atoms with Crippen molar-refractivity contribution in [3.8, 4) is 0 Å². The van der Waals surface area contributed by atoms with Crippen LogP contribution < -0.4 is 0 Å². The van der Waals surface area contributed by atoms with Crippen LogP contribution in [-0.2, 0) is 5.41 Å². The van der Waals surface area contributed by atoms with Gasteiger partial charge < -0.3 is 0 Å². The molecule has 0 saturated heterocycles. The van der Waals surface area contributed by atoms with Gasteiger partial charge in [-0.3, -0.25) is 0 Å². The minimum Gasteiger partial charge on any atom is -0.245 e. The van der Waals surface area contributed by atoms with Crippen LogP contribution in [-0.4, -0.2) is 10.8 Å². The normalized spacial score (nSPS) is 14.6. The van der Waals surface area contributed by atoms with Gasteiger partial charge >= 0.3 is 0 Å². The van der Waals surface area contributed by atoms with Crippen molar-refractivity contribution >= 4 is 22.5 Å². The monoisotopic (exact) mass is 341 g/mol. The molecule has 0 bridgehead atoms. The van der Waals surface area contributed by atoms with E-state index >= 15 is 0 Å². The zero-order valence-corrected chi connectivity index (χ0v) is 14.7. The molecular weight excluding hydrogens is 322 g/mol. The summed E-state index contributed by atoms with van der Waals surface area (Å²) in [6, 6.07) is 29.9. The summed E-state index contributed by atoms with van der Waals surface area (Å²) in [7, 11) is 0. The Morgan fingerprint density at radius 2 is 1.36 bits per heavy atom. The molecule has 3 aromatic rings. The molecule has 0 aromatic heterocycles. The van der Waals surface area contributed by atoms with Crippen LogP contribution in [0.2, 0.25) is 0 Å². The third-order valence-electron chi connectivity index (χ3n) is 4.60. The van der Waals surface area contributed by atoms with Gasteiger partial charge in [-0.1, -0.05) is 84.9 Å². The van der Waals surface area contributed by atoms with Gasteiger partial charge in [0.05, 0.1) is 16.1 Å². The van der Waals surface area contributed by atoms with Gasteiger partial charge in [-0.25, -0.2) is 4.99 Å². The molecule has 0 radical (unpaired) electrons. The molecule has 0 spiro atoms. The van der Waals surface area contributed by atoms with E-state index in [1.165, 1.54) is 16.7 Å². The Kier molecular flexibility index (Phi) is 4.29. The molecule has 0 saturated carbocycles. The molecule has 0 aliphatic carbocycles. The Balaban J connectivity index is 2.04. The maximum atomic E-state index is 5.03. The van der Waals surface area contributed by atoms with Crippen LogP contribution in [0.1, 0.15) is 16.7 Å². The summed E-state index contributed by atoms with van der Waals surface area (Å²) in [5.41, 5.74) is 4.45. The first-order valence-electron chi connectivity index (χ1n) is 8.41. The van der Waals surface area contributed by atoms with Crippen molar-refractivity contribution in [1.82, 2.24) is 0 Å². The molecule has 0 unspecified atom stereocenters. The van der Waals surface area contributed by atoms with E-state index < -0.39 is 0 Å². The first kappa shape index (κ1) is 15.9. The summed E-state index contributed by atoms with van der Waals surface area (Å²) in [6.45, 7) is 3.89. The van der Waals surface area contributed by atoms with Crippen LogP contribution in [0.25, 0.3) is 0 Å². The van der Waals surface area contributed by atoms with E-state index in [4.69, 9.17) is 4.99 Å². The van der Waals surface area contributed by atoms with E-state index in [9.17, 15) is 0 Å².